The van der Waals surface area contributed by atoms with Crippen LogP contribution >= 0.6 is 0 Å². The third kappa shape index (κ3) is 6.06. The van der Waals surface area contributed by atoms with Gasteiger partial charge in [0.25, 0.3) is 0 Å². The number of piperidine rings is 1. The molecule has 1 fully saturated rings. The van der Waals surface area contributed by atoms with Gasteiger partial charge < -0.3 is 15.4 Å². The van der Waals surface area contributed by atoms with E-state index in [0.29, 0.717) is 18.9 Å². The highest BCUT2D eigenvalue weighted by molar-refractivity contribution is 5.76. The summed E-state index contributed by atoms with van der Waals surface area (Å²) in [4.78, 5) is 12.0. The Balaban J connectivity index is 1.63. The van der Waals surface area contributed by atoms with Crippen molar-refractivity contribution in [3.63, 3.8) is 0 Å². The second-order valence-electron chi connectivity index (χ2n) is 6.33. The van der Waals surface area contributed by atoms with Crippen LogP contribution in [0.25, 0.3) is 0 Å². The summed E-state index contributed by atoms with van der Waals surface area (Å²) in [5, 5.41) is 6.38. The second-order valence-corrected chi connectivity index (χ2v) is 6.33. The number of hydrogen-bond acceptors (Lipinski definition) is 3. The van der Waals surface area contributed by atoms with Gasteiger partial charge in [0.1, 0.15) is 12.4 Å². The molecule has 122 valence electrons. The molecule has 1 amide bonds. The number of benzene rings is 1. The van der Waals surface area contributed by atoms with E-state index in [4.69, 9.17) is 4.74 Å². The monoisotopic (exact) mass is 304 g/mol. The van der Waals surface area contributed by atoms with E-state index >= 15 is 0 Å². The molecule has 0 aromatic heterocycles. The van der Waals surface area contributed by atoms with Crippen LogP contribution in [0.4, 0.5) is 0 Å². The third-order valence-corrected chi connectivity index (χ3v) is 4.14. The van der Waals surface area contributed by atoms with Crippen LogP contribution in [-0.4, -0.2) is 31.6 Å². The van der Waals surface area contributed by atoms with Crippen molar-refractivity contribution < 1.29 is 9.53 Å². The quantitative estimate of drug-likeness (QED) is 0.814. The number of rotatable bonds is 7. The van der Waals surface area contributed by atoms with Crippen LogP contribution in [0.5, 0.6) is 5.75 Å². The molecule has 4 nitrogen and oxygen atoms in total. The fraction of sp³-hybridized carbons (Fsp3) is 0.611. The van der Waals surface area contributed by atoms with E-state index < -0.39 is 0 Å². The Morgan fingerprint density at radius 1 is 1.41 bits per heavy atom. The van der Waals surface area contributed by atoms with Gasteiger partial charge in [0.05, 0.1) is 6.04 Å². The molecule has 1 aromatic rings. The molecule has 1 aromatic carbocycles. The van der Waals surface area contributed by atoms with Crippen molar-refractivity contribution in [3.05, 3.63) is 29.8 Å². The van der Waals surface area contributed by atoms with Crippen LogP contribution in [0.15, 0.2) is 24.3 Å². The summed E-state index contributed by atoms with van der Waals surface area (Å²) in [6, 6.07) is 8.00. The first-order valence-corrected chi connectivity index (χ1v) is 8.33. The molecular formula is C18H28N2O2. The Kier molecular flexibility index (Phi) is 6.72. The summed E-state index contributed by atoms with van der Waals surface area (Å²) < 4.78 is 5.72. The maximum absolute atomic E-state index is 12.0. The SMILES string of the molecule is Cc1cccc(OCC(C)NC(=O)CCC2CCNCC2)c1. The number of carbonyl (C=O) groups excluding carboxylic acids is 1. The Labute approximate surface area is 133 Å². The van der Waals surface area contributed by atoms with E-state index in [1.54, 1.807) is 0 Å². The molecule has 1 unspecified atom stereocenters. The van der Waals surface area contributed by atoms with Gasteiger partial charge in [0, 0.05) is 6.42 Å². The minimum atomic E-state index is 0.0287. The molecule has 0 radical (unpaired) electrons. The van der Waals surface area contributed by atoms with Crippen molar-refractivity contribution in [1.29, 1.82) is 0 Å². The summed E-state index contributed by atoms with van der Waals surface area (Å²) in [5.41, 5.74) is 1.18. The minimum absolute atomic E-state index is 0.0287. The molecular weight excluding hydrogens is 276 g/mol. The molecule has 2 N–H and O–H groups in total. The zero-order valence-corrected chi connectivity index (χ0v) is 13.7. The van der Waals surface area contributed by atoms with Gasteiger partial charge in [0.2, 0.25) is 5.91 Å². The highest BCUT2D eigenvalue weighted by Crippen LogP contribution is 2.17. The van der Waals surface area contributed by atoms with E-state index in [-0.39, 0.29) is 11.9 Å². The summed E-state index contributed by atoms with van der Waals surface area (Å²) in [6.45, 7) is 6.71. The van der Waals surface area contributed by atoms with Crippen LogP contribution in [0, 0.1) is 12.8 Å². The lowest BCUT2D eigenvalue weighted by atomic mass is 9.93. The predicted molar refractivity (Wildman–Crippen MR) is 89.1 cm³/mol. The second kappa shape index (κ2) is 8.79. The summed E-state index contributed by atoms with van der Waals surface area (Å²) >= 11 is 0. The number of nitrogens with one attached hydrogen (secondary N) is 2. The number of aryl methyl sites for hydroxylation is 1. The Bertz CT molecular complexity index is 470. The first-order chi connectivity index (χ1) is 10.6. The van der Waals surface area contributed by atoms with Gasteiger partial charge in [-0.05, 0) is 69.8 Å². The molecule has 1 saturated heterocycles. The molecule has 0 bridgehead atoms. The van der Waals surface area contributed by atoms with E-state index in [1.807, 2.05) is 38.1 Å². The average Bonchev–Trinajstić information content (AvgIpc) is 2.52. The fourth-order valence-electron chi connectivity index (χ4n) is 2.82. The molecule has 1 aliphatic rings. The molecule has 0 saturated carbocycles. The zero-order chi connectivity index (χ0) is 15.8. The summed E-state index contributed by atoms with van der Waals surface area (Å²) in [6.07, 6.45) is 4.01. The van der Waals surface area contributed by atoms with E-state index in [0.717, 1.165) is 25.3 Å². The van der Waals surface area contributed by atoms with Gasteiger partial charge in [-0.3, -0.25) is 4.79 Å². The van der Waals surface area contributed by atoms with Crippen molar-refractivity contribution in [1.82, 2.24) is 10.6 Å². The van der Waals surface area contributed by atoms with E-state index in [9.17, 15) is 4.79 Å². The van der Waals surface area contributed by atoms with Crippen LogP contribution < -0.4 is 15.4 Å². The first-order valence-electron chi connectivity index (χ1n) is 8.33. The Morgan fingerprint density at radius 2 is 2.18 bits per heavy atom. The highest BCUT2D eigenvalue weighted by atomic mass is 16.5. The Morgan fingerprint density at radius 3 is 2.91 bits per heavy atom. The topological polar surface area (TPSA) is 50.4 Å². The Hall–Kier alpha value is -1.55. The summed E-state index contributed by atoms with van der Waals surface area (Å²) in [7, 11) is 0. The average molecular weight is 304 g/mol. The lowest BCUT2D eigenvalue weighted by Gasteiger charge is -2.22. The van der Waals surface area contributed by atoms with Crippen molar-refractivity contribution in [3.8, 4) is 5.75 Å². The number of ether oxygens (including phenoxy) is 1. The van der Waals surface area contributed by atoms with Crippen LogP contribution in [0.2, 0.25) is 0 Å². The minimum Gasteiger partial charge on any atom is -0.491 e. The lowest BCUT2D eigenvalue weighted by Crippen LogP contribution is -2.37. The molecule has 0 aliphatic carbocycles. The number of amides is 1. The fourth-order valence-corrected chi connectivity index (χ4v) is 2.82. The standard InChI is InChI=1S/C18H28N2O2/c1-14-4-3-5-17(12-14)22-13-15(2)20-18(21)7-6-16-8-10-19-11-9-16/h3-5,12,15-16,19H,6-11,13H2,1-2H3,(H,20,21). The number of hydrogen-bond donors (Lipinski definition) is 2. The molecule has 1 heterocycles. The predicted octanol–water partition coefficient (Wildman–Crippen LogP) is 2.66. The molecule has 0 spiro atoms. The highest BCUT2D eigenvalue weighted by Gasteiger charge is 2.15. The van der Waals surface area contributed by atoms with Gasteiger partial charge in [-0.1, -0.05) is 12.1 Å². The lowest BCUT2D eigenvalue weighted by molar-refractivity contribution is -0.122. The normalized spacial score (nSPS) is 17.0. The van der Waals surface area contributed by atoms with Crippen LogP contribution in [0.1, 0.15) is 38.2 Å². The van der Waals surface area contributed by atoms with Gasteiger partial charge in [0.15, 0.2) is 0 Å². The van der Waals surface area contributed by atoms with Gasteiger partial charge >= 0.3 is 0 Å². The largest absolute Gasteiger partial charge is 0.491 e. The maximum Gasteiger partial charge on any atom is 0.220 e. The smallest absolute Gasteiger partial charge is 0.220 e. The zero-order valence-electron chi connectivity index (χ0n) is 13.7. The molecule has 22 heavy (non-hydrogen) atoms. The van der Waals surface area contributed by atoms with Gasteiger partial charge in [-0.2, -0.15) is 0 Å². The molecule has 1 aliphatic heterocycles. The summed E-state index contributed by atoms with van der Waals surface area (Å²) in [5.74, 6) is 1.69. The van der Waals surface area contributed by atoms with Crippen molar-refractivity contribution in [2.75, 3.05) is 19.7 Å². The van der Waals surface area contributed by atoms with Crippen molar-refractivity contribution in [2.24, 2.45) is 5.92 Å². The van der Waals surface area contributed by atoms with Crippen molar-refractivity contribution in [2.45, 2.75) is 45.6 Å². The maximum atomic E-state index is 12.0. The van der Waals surface area contributed by atoms with E-state index in [2.05, 4.69) is 10.6 Å². The third-order valence-electron chi connectivity index (χ3n) is 4.14. The van der Waals surface area contributed by atoms with Gasteiger partial charge in [-0.25, -0.2) is 0 Å². The first kappa shape index (κ1) is 16.8. The molecule has 2 rings (SSSR count). The molecule has 1 atom stereocenters. The van der Waals surface area contributed by atoms with Crippen molar-refractivity contribution >= 4 is 5.91 Å². The molecule has 4 heteroatoms. The van der Waals surface area contributed by atoms with Crippen LogP contribution in [-0.2, 0) is 4.79 Å². The van der Waals surface area contributed by atoms with E-state index in [1.165, 1.54) is 18.4 Å². The van der Waals surface area contributed by atoms with Gasteiger partial charge in [-0.15, -0.1) is 0 Å². The number of carbonyl (C=O) groups is 1. The van der Waals surface area contributed by atoms with Crippen LogP contribution in [0.3, 0.4) is 0 Å².